The van der Waals surface area contributed by atoms with Gasteiger partial charge in [0.15, 0.2) is 5.75 Å². The van der Waals surface area contributed by atoms with Crippen molar-refractivity contribution in [3.63, 3.8) is 0 Å². The van der Waals surface area contributed by atoms with Gasteiger partial charge in [0.2, 0.25) is 0 Å². The Bertz CT molecular complexity index is 1120. The predicted molar refractivity (Wildman–Crippen MR) is 141 cm³/mol. The second kappa shape index (κ2) is 11.3. The van der Waals surface area contributed by atoms with Gasteiger partial charge in [-0.2, -0.15) is 5.10 Å². The number of benzene rings is 2. The Kier molecular flexibility index (Phi) is 8.38. The number of nitrogens with two attached hydrogens (primary N) is 1. The maximum atomic E-state index is 6.45. The second-order valence-electron chi connectivity index (χ2n) is 9.08. The molecule has 2 heterocycles. The highest BCUT2D eigenvalue weighted by molar-refractivity contribution is 6.37. The molecule has 9 heteroatoms. The SMILES string of the molecule is CC(C)(c1ccc(OCc2nn(C3CCCCO3)cc2N)cc1)c1cc(Cl)c(OCCCl)c(Cl)c1. The molecule has 1 saturated heterocycles. The Labute approximate surface area is 221 Å². The molecule has 0 spiro atoms. The molecule has 1 unspecified atom stereocenters. The second-order valence-corrected chi connectivity index (χ2v) is 10.3. The highest BCUT2D eigenvalue weighted by atomic mass is 35.5. The van der Waals surface area contributed by atoms with E-state index in [2.05, 4.69) is 18.9 Å². The molecular weight excluding hydrogens is 509 g/mol. The van der Waals surface area contributed by atoms with Crippen molar-refractivity contribution in [3.8, 4) is 11.5 Å². The van der Waals surface area contributed by atoms with E-state index in [-0.39, 0.29) is 18.2 Å². The van der Waals surface area contributed by atoms with Gasteiger partial charge in [-0.3, -0.25) is 0 Å². The van der Waals surface area contributed by atoms with Crippen LogP contribution in [0.3, 0.4) is 0 Å². The van der Waals surface area contributed by atoms with E-state index in [1.54, 1.807) is 4.68 Å². The predicted octanol–water partition coefficient (Wildman–Crippen LogP) is 6.99. The van der Waals surface area contributed by atoms with Crippen LogP contribution in [-0.4, -0.2) is 28.9 Å². The van der Waals surface area contributed by atoms with E-state index < -0.39 is 0 Å². The summed E-state index contributed by atoms with van der Waals surface area (Å²) in [5.74, 6) is 1.54. The van der Waals surface area contributed by atoms with Crippen LogP contribution in [0, 0.1) is 0 Å². The third-order valence-corrected chi connectivity index (χ3v) is 7.00. The average molecular weight is 539 g/mol. The quantitative estimate of drug-likeness (QED) is 0.297. The molecule has 1 aromatic heterocycles. The number of anilines is 1. The molecule has 4 rings (SSSR count). The highest BCUT2D eigenvalue weighted by Gasteiger charge is 2.26. The monoisotopic (exact) mass is 537 g/mol. The first-order chi connectivity index (χ1) is 16.8. The van der Waals surface area contributed by atoms with Crippen molar-refractivity contribution in [1.82, 2.24) is 9.78 Å². The smallest absolute Gasteiger partial charge is 0.156 e. The minimum Gasteiger partial charge on any atom is -0.489 e. The normalized spacial score (nSPS) is 16.3. The van der Waals surface area contributed by atoms with Gasteiger partial charge in [0, 0.05) is 12.0 Å². The van der Waals surface area contributed by atoms with E-state index in [9.17, 15) is 0 Å². The van der Waals surface area contributed by atoms with Gasteiger partial charge < -0.3 is 19.9 Å². The fourth-order valence-corrected chi connectivity index (χ4v) is 4.79. The Morgan fingerprint density at radius 2 is 1.80 bits per heavy atom. The van der Waals surface area contributed by atoms with E-state index in [0.717, 1.165) is 42.7 Å². The molecule has 3 aromatic rings. The number of nitrogens with zero attached hydrogens (tertiary/aromatic N) is 2. The average Bonchev–Trinajstić information content (AvgIpc) is 3.23. The Morgan fingerprint density at radius 1 is 1.09 bits per heavy atom. The van der Waals surface area contributed by atoms with Gasteiger partial charge in [-0.1, -0.05) is 49.2 Å². The van der Waals surface area contributed by atoms with Crippen molar-refractivity contribution in [2.75, 3.05) is 24.8 Å². The number of halogens is 3. The molecule has 0 aliphatic carbocycles. The number of nitrogen functional groups attached to an aromatic ring is 1. The van der Waals surface area contributed by atoms with E-state index in [4.69, 9.17) is 54.7 Å². The van der Waals surface area contributed by atoms with Crippen LogP contribution in [-0.2, 0) is 16.8 Å². The summed E-state index contributed by atoms with van der Waals surface area (Å²) >= 11 is 18.6. The van der Waals surface area contributed by atoms with Crippen LogP contribution in [0.2, 0.25) is 10.0 Å². The minimum absolute atomic E-state index is 0.0516. The molecule has 1 aliphatic heterocycles. The van der Waals surface area contributed by atoms with Crippen LogP contribution < -0.4 is 15.2 Å². The van der Waals surface area contributed by atoms with Gasteiger partial charge in [0.05, 0.1) is 27.8 Å². The summed E-state index contributed by atoms with van der Waals surface area (Å²) < 4.78 is 19.1. The highest BCUT2D eigenvalue weighted by Crippen LogP contribution is 2.40. The first kappa shape index (κ1) is 26.0. The van der Waals surface area contributed by atoms with Crippen LogP contribution in [0.1, 0.15) is 56.2 Å². The summed E-state index contributed by atoms with van der Waals surface area (Å²) in [6.45, 7) is 5.60. The van der Waals surface area contributed by atoms with E-state index >= 15 is 0 Å². The molecule has 0 amide bonds. The first-order valence-corrected chi connectivity index (χ1v) is 13.0. The zero-order chi connectivity index (χ0) is 25.0. The third-order valence-electron chi connectivity index (χ3n) is 6.29. The van der Waals surface area contributed by atoms with Gasteiger partial charge in [-0.05, 0) is 54.7 Å². The van der Waals surface area contributed by atoms with Gasteiger partial charge in [0.1, 0.15) is 30.9 Å². The Balaban J connectivity index is 1.43. The zero-order valence-corrected chi connectivity index (χ0v) is 22.2. The molecule has 188 valence electrons. The maximum absolute atomic E-state index is 6.45. The molecule has 2 aromatic carbocycles. The lowest BCUT2D eigenvalue weighted by molar-refractivity contribution is -0.0397. The van der Waals surface area contributed by atoms with Crippen molar-refractivity contribution in [3.05, 3.63) is 69.5 Å². The van der Waals surface area contributed by atoms with Crippen molar-refractivity contribution in [2.45, 2.75) is 51.4 Å². The summed E-state index contributed by atoms with van der Waals surface area (Å²) in [5, 5.41) is 5.51. The zero-order valence-electron chi connectivity index (χ0n) is 19.9. The van der Waals surface area contributed by atoms with Crippen LogP contribution in [0.4, 0.5) is 5.69 Å². The lowest BCUT2D eigenvalue weighted by Crippen LogP contribution is -2.19. The van der Waals surface area contributed by atoms with Gasteiger partial charge in [-0.25, -0.2) is 4.68 Å². The molecule has 0 radical (unpaired) electrons. The molecule has 1 fully saturated rings. The van der Waals surface area contributed by atoms with Crippen LogP contribution in [0.25, 0.3) is 0 Å². The van der Waals surface area contributed by atoms with E-state index in [1.165, 1.54) is 0 Å². The number of hydrogen-bond donors (Lipinski definition) is 1. The molecular formula is C26H30Cl3N3O3. The van der Waals surface area contributed by atoms with Crippen LogP contribution >= 0.6 is 34.8 Å². The summed E-state index contributed by atoms with van der Waals surface area (Å²) in [6, 6.07) is 11.7. The van der Waals surface area contributed by atoms with Crippen LogP contribution in [0.15, 0.2) is 42.6 Å². The lowest BCUT2D eigenvalue weighted by atomic mass is 9.78. The van der Waals surface area contributed by atoms with Crippen molar-refractivity contribution < 1.29 is 14.2 Å². The fraction of sp³-hybridized carbons (Fsp3) is 0.423. The van der Waals surface area contributed by atoms with Gasteiger partial charge in [0.25, 0.3) is 0 Å². The number of aromatic nitrogens is 2. The third kappa shape index (κ3) is 6.00. The summed E-state index contributed by atoms with van der Waals surface area (Å²) in [5.41, 5.74) is 9.18. The molecule has 35 heavy (non-hydrogen) atoms. The minimum atomic E-state index is -0.347. The lowest BCUT2D eigenvalue weighted by Gasteiger charge is -2.27. The maximum Gasteiger partial charge on any atom is 0.156 e. The molecule has 2 N–H and O–H groups in total. The summed E-state index contributed by atoms with van der Waals surface area (Å²) in [7, 11) is 0. The van der Waals surface area contributed by atoms with Crippen molar-refractivity contribution in [1.29, 1.82) is 0 Å². The largest absolute Gasteiger partial charge is 0.489 e. The van der Waals surface area contributed by atoms with Crippen molar-refractivity contribution >= 4 is 40.5 Å². The Hall–Kier alpha value is -2.12. The molecule has 0 bridgehead atoms. The van der Waals surface area contributed by atoms with Crippen LogP contribution in [0.5, 0.6) is 11.5 Å². The number of rotatable bonds is 9. The summed E-state index contributed by atoms with van der Waals surface area (Å²) in [6.07, 6.45) is 4.93. The Morgan fingerprint density at radius 3 is 2.43 bits per heavy atom. The van der Waals surface area contributed by atoms with Gasteiger partial charge in [-0.15, -0.1) is 11.6 Å². The number of alkyl halides is 1. The summed E-state index contributed by atoms with van der Waals surface area (Å²) in [4.78, 5) is 0. The molecule has 0 saturated carbocycles. The van der Waals surface area contributed by atoms with E-state index in [0.29, 0.717) is 39.7 Å². The molecule has 1 aliphatic rings. The van der Waals surface area contributed by atoms with Gasteiger partial charge >= 0.3 is 0 Å². The first-order valence-electron chi connectivity index (χ1n) is 11.7. The number of hydrogen-bond acceptors (Lipinski definition) is 5. The topological polar surface area (TPSA) is 71.5 Å². The molecule has 6 nitrogen and oxygen atoms in total. The molecule has 1 atom stereocenters. The van der Waals surface area contributed by atoms with E-state index in [1.807, 2.05) is 42.6 Å². The fourth-order valence-electron chi connectivity index (χ4n) is 4.12. The number of ether oxygens (including phenoxy) is 3. The van der Waals surface area contributed by atoms with Crippen molar-refractivity contribution in [2.24, 2.45) is 0 Å². The standard InChI is InChI=1S/C26H30Cl3N3O3/c1-26(2,18-13-20(28)25(21(29)14-18)34-12-10-27)17-6-8-19(9-7-17)35-16-23-22(30)15-32(31-23)24-5-3-4-11-33-24/h6-9,13-15,24H,3-5,10-12,16,30H2,1-2H3.